The standard InChI is InChI=1S/C15H20N4/c1-16-13-5-3-4-12-6-7-17-15(14(12)13)19-10-8-18(2)9-11-19/h3-7,16H,8-11H2,1-2H3. The Balaban J connectivity index is 2.07. The lowest BCUT2D eigenvalue weighted by Gasteiger charge is -2.34. The van der Waals surface area contributed by atoms with E-state index in [1.165, 1.54) is 10.8 Å². The van der Waals surface area contributed by atoms with E-state index < -0.39 is 0 Å². The first kappa shape index (κ1) is 12.2. The molecule has 1 saturated heterocycles. The van der Waals surface area contributed by atoms with Gasteiger partial charge in [-0.25, -0.2) is 4.98 Å². The van der Waals surface area contributed by atoms with E-state index in [2.05, 4.69) is 51.4 Å². The van der Waals surface area contributed by atoms with Crippen LogP contribution in [0.3, 0.4) is 0 Å². The van der Waals surface area contributed by atoms with Crippen molar-refractivity contribution in [2.75, 3.05) is 50.5 Å². The lowest BCUT2D eigenvalue weighted by atomic mass is 10.1. The summed E-state index contributed by atoms with van der Waals surface area (Å²) < 4.78 is 0. The Morgan fingerprint density at radius 1 is 1.11 bits per heavy atom. The molecule has 2 aromatic rings. The summed E-state index contributed by atoms with van der Waals surface area (Å²) >= 11 is 0. The monoisotopic (exact) mass is 256 g/mol. The third kappa shape index (κ3) is 2.24. The van der Waals surface area contributed by atoms with Crippen molar-refractivity contribution in [2.24, 2.45) is 0 Å². The second kappa shape index (κ2) is 5.05. The van der Waals surface area contributed by atoms with Gasteiger partial charge in [-0.2, -0.15) is 0 Å². The zero-order chi connectivity index (χ0) is 13.2. The predicted molar refractivity (Wildman–Crippen MR) is 81.0 cm³/mol. The number of hydrogen-bond donors (Lipinski definition) is 1. The molecule has 100 valence electrons. The third-order valence-corrected chi connectivity index (χ3v) is 3.84. The maximum atomic E-state index is 4.63. The number of rotatable bonds is 2. The Kier molecular flexibility index (Phi) is 3.25. The maximum Gasteiger partial charge on any atom is 0.138 e. The van der Waals surface area contributed by atoms with Gasteiger partial charge < -0.3 is 15.1 Å². The summed E-state index contributed by atoms with van der Waals surface area (Å²) in [4.78, 5) is 9.39. The summed E-state index contributed by atoms with van der Waals surface area (Å²) in [5.74, 6) is 1.11. The topological polar surface area (TPSA) is 31.4 Å². The highest BCUT2D eigenvalue weighted by Gasteiger charge is 2.18. The number of nitrogens with one attached hydrogen (secondary N) is 1. The Hall–Kier alpha value is -1.81. The fraction of sp³-hybridized carbons (Fsp3) is 0.400. The van der Waals surface area contributed by atoms with E-state index >= 15 is 0 Å². The minimum Gasteiger partial charge on any atom is -0.388 e. The Labute approximate surface area is 114 Å². The van der Waals surface area contributed by atoms with Crippen LogP contribution in [0.15, 0.2) is 30.5 Å². The van der Waals surface area contributed by atoms with E-state index in [1.807, 2.05) is 13.2 Å². The van der Waals surface area contributed by atoms with Crippen molar-refractivity contribution in [3.05, 3.63) is 30.5 Å². The van der Waals surface area contributed by atoms with Gasteiger partial charge in [-0.15, -0.1) is 0 Å². The van der Waals surface area contributed by atoms with Crippen LogP contribution < -0.4 is 10.2 Å². The molecule has 1 fully saturated rings. The van der Waals surface area contributed by atoms with E-state index in [0.717, 1.165) is 37.7 Å². The average Bonchev–Trinajstić information content (AvgIpc) is 2.47. The minimum absolute atomic E-state index is 1.04. The zero-order valence-corrected chi connectivity index (χ0v) is 11.6. The van der Waals surface area contributed by atoms with Gasteiger partial charge in [0.2, 0.25) is 0 Å². The van der Waals surface area contributed by atoms with Crippen LogP contribution in [0.4, 0.5) is 11.5 Å². The summed E-state index contributed by atoms with van der Waals surface area (Å²) in [6, 6.07) is 8.43. The fourth-order valence-corrected chi connectivity index (χ4v) is 2.68. The van der Waals surface area contributed by atoms with Crippen molar-refractivity contribution in [2.45, 2.75) is 0 Å². The van der Waals surface area contributed by atoms with Crippen molar-refractivity contribution < 1.29 is 0 Å². The summed E-state index contributed by atoms with van der Waals surface area (Å²) in [6.45, 7) is 4.28. The van der Waals surface area contributed by atoms with Gasteiger partial charge in [-0.1, -0.05) is 12.1 Å². The van der Waals surface area contributed by atoms with Crippen molar-refractivity contribution >= 4 is 22.3 Å². The molecule has 0 spiro atoms. The number of likely N-dealkylation sites (N-methyl/N-ethyl adjacent to an activating group) is 1. The van der Waals surface area contributed by atoms with Gasteiger partial charge in [0.25, 0.3) is 0 Å². The molecular weight excluding hydrogens is 236 g/mol. The Morgan fingerprint density at radius 2 is 1.89 bits per heavy atom. The van der Waals surface area contributed by atoms with Gasteiger partial charge >= 0.3 is 0 Å². The number of piperazine rings is 1. The van der Waals surface area contributed by atoms with Crippen molar-refractivity contribution in [3.63, 3.8) is 0 Å². The van der Waals surface area contributed by atoms with E-state index in [1.54, 1.807) is 0 Å². The molecule has 1 aromatic carbocycles. The first-order valence-corrected chi connectivity index (χ1v) is 6.78. The summed E-state index contributed by atoms with van der Waals surface area (Å²) in [7, 11) is 4.14. The molecule has 0 aliphatic carbocycles. The zero-order valence-electron chi connectivity index (χ0n) is 11.6. The predicted octanol–water partition coefficient (Wildman–Crippen LogP) is 2.03. The number of fused-ring (bicyclic) bond motifs is 1. The molecule has 2 heterocycles. The van der Waals surface area contributed by atoms with Crippen LogP contribution in [0.5, 0.6) is 0 Å². The molecular formula is C15H20N4. The summed E-state index contributed by atoms with van der Waals surface area (Å²) in [6.07, 6.45) is 1.91. The van der Waals surface area contributed by atoms with E-state index in [0.29, 0.717) is 0 Å². The molecule has 1 N–H and O–H groups in total. The smallest absolute Gasteiger partial charge is 0.138 e. The number of anilines is 2. The van der Waals surface area contributed by atoms with Crippen molar-refractivity contribution in [1.29, 1.82) is 0 Å². The Bertz CT molecular complexity index is 568. The highest BCUT2D eigenvalue weighted by atomic mass is 15.3. The molecule has 4 nitrogen and oxygen atoms in total. The molecule has 4 heteroatoms. The summed E-state index contributed by atoms with van der Waals surface area (Å²) in [5, 5.41) is 5.76. The van der Waals surface area contributed by atoms with Crippen LogP contribution >= 0.6 is 0 Å². The molecule has 0 unspecified atom stereocenters. The lowest BCUT2D eigenvalue weighted by Crippen LogP contribution is -2.44. The third-order valence-electron chi connectivity index (χ3n) is 3.84. The molecule has 0 saturated carbocycles. The number of benzene rings is 1. The van der Waals surface area contributed by atoms with Crippen LogP contribution in [0.1, 0.15) is 0 Å². The number of pyridine rings is 1. The van der Waals surface area contributed by atoms with Gasteiger partial charge in [0.15, 0.2) is 0 Å². The first-order chi connectivity index (χ1) is 9.29. The van der Waals surface area contributed by atoms with E-state index in [-0.39, 0.29) is 0 Å². The molecule has 0 radical (unpaired) electrons. The van der Waals surface area contributed by atoms with Gasteiger partial charge in [-0.05, 0) is 24.6 Å². The van der Waals surface area contributed by atoms with Gasteiger partial charge in [0.05, 0.1) is 0 Å². The van der Waals surface area contributed by atoms with E-state index in [9.17, 15) is 0 Å². The summed E-state index contributed by atoms with van der Waals surface area (Å²) in [5.41, 5.74) is 1.15. The van der Waals surface area contributed by atoms with Crippen LogP contribution in [0, 0.1) is 0 Å². The van der Waals surface area contributed by atoms with Gasteiger partial charge in [0, 0.05) is 50.5 Å². The average molecular weight is 256 g/mol. The second-order valence-electron chi connectivity index (χ2n) is 5.08. The largest absolute Gasteiger partial charge is 0.388 e. The second-order valence-corrected chi connectivity index (χ2v) is 5.08. The lowest BCUT2D eigenvalue weighted by molar-refractivity contribution is 0.312. The molecule has 19 heavy (non-hydrogen) atoms. The van der Waals surface area contributed by atoms with Crippen LogP contribution in [0.2, 0.25) is 0 Å². The number of nitrogens with zero attached hydrogens (tertiary/aromatic N) is 3. The molecule has 3 rings (SSSR count). The molecule has 0 atom stereocenters. The Morgan fingerprint density at radius 3 is 2.63 bits per heavy atom. The molecule has 1 aromatic heterocycles. The van der Waals surface area contributed by atoms with Crippen LogP contribution in [0.25, 0.3) is 10.8 Å². The maximum absolute atomic E-state index is 4.63. The highest BCUT2D eigenvalue weighted by molar-refractivity contribution is 6.01. The molecule has 0 amide bonds. The normalized spacial score (nSPS) is 16.8. The molecule has 1 aliphatic heterocycles. The van der Waals surface area contributed by atoms with Crippen LogP contribution in [-0.4, -0.2) is 50.2 Å². The fourth-order valence-electron chi connectivity index (χ4n) is 2.68. The number of aromatic nitrogens is 1. The van der Waals surface area contributed by atoms with Crippen molar-refractivity contribution in [1.82, 2.24) is 9.88 Å². The first-order valence-electron chi connectivity index (χ1n) is 6.78. The van der Waals surface area contributed by atoms with E-state index in [4.69, 9.17) is 0 Å². The minimum atomic E-state index is 1.04. The quantitative estimate of drug-likeness (QED) is 0.891. The van der Waals surface area contributed by atoms with Gasteiger partial charge in [-0.3, -0.25) is 0 Å². The molecule has 0 bridgehead atoms. The van der Waals surface area contributed by atoms with Crippen LogP contribution in [-0.2, 0) is 0 Å². The highest BCUT2D eigenvalue weighted by Crippen LogP contribution is 2.31. The number of hydrogen-bond acceptors (Lipinski definition) is 4. The SMILES string of the molecule is CNc1cccc2ccnc(N3CCN(C)CC3)c12. The molecule has 1 aliphatic rings. The van der Waals surface area contributed by atoms with Gasteiger partial charge in [0.1, 0.15) is 5.82 Å². The van der Waals surface area contributed by atoms with Crippen molar-refractivity contribution in [3.8, 4) is 0 Å².